The maximum atomic E-state index is 12.2. The van der Waals surface area contributed by atoms with Gasteiger partial charge >= 0.3 is 164 Å². The van der Waals surface area contributed by atoms with E-state index in [4.69, 9.17) is 12.5 Å². The molecule has 152 valence electrons. The summed E-state index contributed by atoms with van der Waals surface area (Å²) in [5.74, 6) is -0.393. The third kappa shape index (κ3) is 5.23. The van der Waals surface area contributed by atoms with Crippen molar-refractivity contribution in [2.24, 2.45) is 0 Å². The van der Waals surface area contributed by atoms with Crippen molar-refractivity contribution in [3.63, 3.8) is 0 Å². The third-order valence-corrected chi connectivity index (χ3v) is 18.7. The fraction of sp³-hybridized carbons (Fsp3) is 0.722. The molecule has 3 atom stereocenters. The van der Waals surface area contributed by atoms with Crippen molar-refractivity contribution in [3.8, 4) is 0 Å². The number of aromatic amines is 1. The number of aryl methyl sites for hydroxylation is 1. The molecular weight excluding hydrogens is 459 g/mol. The van der Waals surface area contributed by atoms with E-state index in [2.05, 4.69) is 25.8 Å². The van der Waals surface area contributed by atoms with E-state index in [1.165, 1.54) is 17.7 Å². The third-order valence-electron chi connectivity index (χ3n) is 5.44. The van der Waals surface area contributed by atoms with Gasteiger partial charge in [-0.05, 0) is 0 Å². The van der Waals surface area contributed by atoms with E-state index >= 15 is 0 Å². The van der Waals surface area contributed by atoms with Crippen LogP contribution in [0.1, 0.15) is 45.9 Å². The zero-order chi connectivity index (χ0) is 20.2. The summed E-state index contributed by atoms with van der Waals surface area (Å²) in [6.07, 6.45) is 0.292. The molecule has 0 saturated carbocycles. The Morgan fingerprint density at radius 2 is 1.93 bits per heavy atom. The van der Waals surface area contributed by atoms with Crippen LogP contribution < -0.4 is 11.2 Å². The van der Waals surface area contributed by atoms with Gasteiger partial charge in [0.15, 0.2) is 0 Å². The molecule has 1 fully saturated rings. The number of hydrogen-bond donors (Lipinski definition) is 1. The molecule has 1 aromatic rings. The maximum absolute atomic E-state index is 12.2. The molecule has 1 aromatic heterocycles. The van der Waals surface area contributed by atoms with Crippen molar-refractivity contribution in [2.45, 2.75) is 72.8 Å². The average Bonchev–Trinajstić information content (AvgIpc) is 3.01. The van der Waals surface area contributed by atoms with E-state index in [1.807, 2.05) is 0 Å². The Labute approximate surface area is 163 Å². The number of ether oxygens (including phenoxy) is 2. The van der Waals surface area contributed by atoms with E-state index < -0.39 is 54.4 Å². The fourth-order valence-electron chi connectivity index (χ4n) is 3.47. The van der Waals surface area contributed by atoms with Crippen LogP contribution in [0.4, 0.5) is 0 Å². The predicted molar refractivity (Wildman–Crippen MR) is 103 cm³/mol. The van der Waals surface area contributed by atoms with E-state index in [9.17, 15) is 14.4 Å². The molecule has 0 spiro atoms. The van der Waals surface area contributed by atoms with Gasteiger partial charge in [0.05, 0.1) is 0 Å². The van der Waals surface area contributed by atoms with Crippen LogP contribution in [-0.2, 0) is 17.3 Å². The molecule has 2 heterocycles. The summed E-state index contributed by atoms with van der Waals surface area (Å²) in [6, 6.07) is 0. The molecule has 9 heteroatoms. The van der Waals surface area contributed by atoms with Gasteiger partial charge in [-0.2, -0.15) is 0 Å². The second-order valence-corrected chi connectivity index (χ2v) is 20.7. The van der Waals surface area contributed by atoms with Gasteiger partial charge in [-0.3, -0.25) is 0 Å². The first-order valence-corrected chi connectivity index (χ1v) is 16.8. The molecule has 8 nitrogen and oxygen atoms in total. The number of nitrogens with one attached hydrogen (secondary N) is 1. The normalized spacial score (nSPS) is 22.8. The number of aromatic nitrogens is 2. The zero-order valence-electron chi connectivity index (χ0n) is 16.7. The second kappa shape index (κ2) is 9.38. The Morgan fingerprint density at radius 1 is 1.30 bits per heavy atom. The van der Waals surface area contributed by atoms with Crippen LogP contribution in [0.5, 0.6) is 0 Å². The van der Waals surface area contributed by atoms with Gasteiger partial charge in [-0.15, -0.1) is 0 Å². The number of carbonyl (C=O) groups is 1. The molecule has 0 radical (unpaired) electrons. The van der Waals surface area contributed by atoms with Crippen molar-refractivity contribution in [1.82, 2.24) is 9.55 Å². The van der Waals surface area contributed by atoms with Crippen LogP contribution in [0.3, 0.4) is 0 Å². The molecule has 0 bridgehead atoms. The van der Waals surface area contributed by atoms with Gasteiger partial charge in [0.2, 0.25) is 0 Å². The summed E-state index contributed by atoms with van der Waals surface area (Å²) >= 11 is -2.63. The van der Waals surface area contributed by atoms with Gasteiger partial charge in [0.1, 0.15) is 0 Å². The first kappa shape index (κ1) is 22.2. The Hall–Kier alpha value is -1.13. The molecule has 0 aliphatic carbocycles. The van der Waals surface area contributed by atoms with Gasteiger partial charge < -0.3 is 0 Å². The van der Waals surface area contributed by atoms with Crippen molar-refractivity contribution in [3.05, 3.63) is 32.6 Å². The summed E-state index contributed by atoms with van der Waals surface area (Å²) < 4.78 is 22.4. The van der Waals surface area contributed by atoms with E-state index in [0.717, 1.165) is 13.3 Å². The standard InChI is InChI=1S/C12H15N2O6.3C2H5.Sn/c1-6-4-14(12(18)13-11(6)17)10-3-8(19-7(2)16)9(5-15)20-10;3*1-2;/h4,8-10H,3,5H2,1-2H3,(H,13,17,18);3*1H2,2H3;/q-1;;;;+1/t8-,9+,10+;;;;/m0..../s1. The Bertz CT molecular complexity index is 762. The zero-order valence-corrected chi connectivity index (χ0v) is 19.6. The summed E-state index contributed by atoms with van der Waals surface area (Å²) in [7, 11) is 0. The Morgan fingerprint density at radius 3 is 2.48 bits per heavy atom. The SMILES string of the molecule is C[CH2][Sn]([CH2]C)([CH2]C)[O]C[C@H]1O[C@@H](n2cc(C)c(=O)[nH]c2=O)C[C@@H]1OC(C)=O. The number of esters is 1. The van der Waals surface area contributed by atoms with E-state index in [1.54, 1.807) is 6.92 Å². The number of nitrogens with zero attached hydrogens (tertiary/aromatic N) is 1. The fourth-order valence-corrected chi connectivity index (χ4v) is 11.0. The molecule has 0 unspecified atom stereocenters. The van der Waals surface area contributed by atoms with Crippen molar-refractivity contribution < 1.29 is 17.3 Å². The summed E-state index contributed by atoms with van der Waals surface area (Å²) in [5, 5.41) is 0. The summed E-state index contributed by atoms with van der Waals surface area (Å²) in [5.41, 5.74) is -0.540. The number of carbonyl (C=O) groups excluding carboxylic acids is 1. The molecule has 0 aromatic carbocycles. The number of hydrogen-bond acceptors (Lipinski definition) is 6. The Kier molecular flexibility index (Phi) is 7.70. The molecular formula is C18H30N2O6Sn. The summed E-state index contributed by atoms with van der Waals surface area (Å²) in [4.78, 5) is 37.6. The molecule has 1 aliphatic heterocycles. The van der Waals surface area contributed by atoms with Crippen LogP contribution in [-0.4, -0.2) is 53.1 Å². The number of H-pyrrole nitrogens is 1. The molecule has 0 amide bonds. The Balaban J connectivity index is 2.21. The van der Waals surface area contributed by atoms with Crippen molar-refractivity contribution in [1.29, 1.82) is 0 Å². The van der Waals surface area contributed by atoms with Crippen LogP contribution in [0.25, 0.3) is 0 Å². The molecule has 1 aliphatic rings. The quantitative estimate of drug-likeness (QED) is 0.444. The molecule has 2 rings (SSSR count). The van der Waals surface area contributed by atoms with Crippen LogP contribution >= 0.6 is 0 Å². The first-order chi connectivity index (χ1) is 12.7. The molecule has 27 heavy (non-hydrogen) atoms. The van der Waals surface area contributed by atoms with Crippen molar-refractivity contribution >= 4 is 24.8 Å². The second-order valence-electron chi connectivity index (χ2n) is 7.05. The van der Waals surface area contributed by atoms with E-state index in [-0.39, 0.29) is 0 Å². The van der Waals surface area contributed by atoms with Gasteiger partial charge in [0, 0.05) is 0 Å². The van der Waals surface area contributed by atoms with Crippen molar-refractivity contribution in [2.75, 3.05) is 6.61 Å². The monoisotopic (exact) mass is 490 g/mol. The number of rotatable bonds is 8. The minimum absolute atomic E-state index is 0.339. The molecule has 1 N–H and O–H groups in total. The van der Waals surface area contributed by atoms with Crippen LogP contribution in [0, 0.1) is 6.92 Å². The van der Waals surface area contributed by atoms with E-state index in [0.29, 0.717) is 18.6 Å². The first-order valence-electron chi connectivity index (χ1n) is 9.54. The van der Waals surface area contributed by atoms with Gasteiger partial charge in [-0.25, -0.2) is 0 Å². The predicted octanol–water partition coefficient (Wildman–Crippen LogP) is 2.09. The average molecular weight is 489 g/mol. The van der Waals surface area contributed by atoms with Crippen LogP contribution in [0.2, 0.25) is 13.3 Å². The summed E-state index contributed by atoms with van der Waals surface area (Å²) in [6.45, 7) is 9.86. The van der Waals surface area contributed by atoms with Crippen LogP contribution in [0.15, 0.2) is 15.8 Å². The van der Waals surface area contributed by atoms with Gasteiger partial charge in [0.25, 0.3) is 0 Å². The topological polar surface area (TPSA) is 99.6 Å². The minimum atomic E-state index is -2.63. The van der Waals surface area contributed by atoms with Gasteiger partial charge in [-0.1, -0.05) is 0 Å². The molecule has 1 saturated heterocycles.